The lowest BCUT2D eigenvalue weighted by Crippen LogP contribution is -2.43. The van der Waals surface area contributed by atoms with Crippen molar-refractivity contribution in [2.75, 3.05) is 13.2 Å². The second-order valence-corrected chi connectivity index (χ2v) is 7.46. The SMILES string of the molecule is CCCCCCC(CO)(CNC(=O)OC(C)(C)C)C1CC1. The molecule has 0 heterocycles. The van der Waals surface area contributed by atoms with Crippen molar-refractivity contribution < 1.29 is 14.6 Å². The Morgan fingerprint density at radius 1 is 1.24 bits per heavy atom. The maximum atomic E-state index is 11.8. The summed E-state index contributed by atoms with van der Waals surface area (Å²) in [7, 11) is 0. The Labute approximate surface area is 129 Å². The van der Waals surface area contributed by atoms with Crippen LogP contribution in [0.4, 0.5) is 4.79 Å². The van der Waals surface area contributed by atoms with Gasteiger partial charge in [-0.2, -0.15) is 0 Å². The van der Waals surface area contributed by atoms with Gasteiger partial charge in [-0.1, -0.05) is 32.6 Å². The molecule has 1 aliphatic carbocycles. The third-order valence-electron chi connectivity index (χ3n) is 4.27. The van der Waals surface area contributed by atoms with Gasteiger partial charge in [0.15, 0.2) is 0 Å². The van der Waals surface area contributed by atoms with E-state index in [1.807, 2.05) is 20.8 Å². The third-order valence-corrected chi connectivity index (χ3v) is 4.27. The molecule has 1 atom stereocenters. The number of ether oxygens (including phenoxy) is 1. The second-order valence-electron chi connectivity index (χ2n) is 7.46. The van der Waals surface area contributed by atoms with Gasteiger partial charge < -0.3 is 15.2 Å². The fourth-order valence-electron chi connectivity index (χ4n) is 2.86. The van der Waals surface area contributed by atoms with E-state index in [2.05, 4.69) is 12.2 Å². The van der Waals surface area contributed by atoms with Gasteiger partial charge in [0.1, 0.15) is 5.60 Å². The number of hydrogen-bond donors (Lipinski definition) is 2. The van der Waals surface area contributed by atoms with Crippen LogP contribution in [0, 0.1) is 11.3 Å². The molecule has 0 aromatic heterocycles. The Morgan fingerprint density at radius 2 is 1.90 bits per heavy atom. The van der Waals surface area contributed by atoms with Gasteiger partial charge in [-0.05, 0) is 46.0 Å². The van der Waals surface area contributed by atoms with E-state index in [-0.39, 0.29) is 18.1 Å². The first kappa shape index (κ1) is 18.3. The molecular weight excluding hydrogens is 266 g/mol. The van der Waals surface area contributed by atoms with Gasteiger partial charge in [-0.25, -0.2) is 4.79 Å². The molecule has 1 amide bonds. The van der Waals surface area contributed by atoms with Crippen LogP contribution < -0.4 is 5.32 Å². The molecule has 0 radical (unpaired) electrons. The zero-order chi connectivity index (χ0) is 15.9. The number of amides is 1. The van der Waals surface area contributed by atoms with Gasteiger partial charge in [-0.15, -0.1) is 0 Å². The minimum absolute atomic E-state index is 0.148. The number of hydrogen-bond acceptors (Lipinski definition) is 3. The molecular formula is C17H33NO3. The Balaban J connectivity index is 2.47. The average Bonchev–Trinajstić information content (AvgIpc) is 3.21. The van der Waals surface area contributed by atoms with Crippen LogP contribution in [-0.4, -0.2) is 30.0 Å². The summed E-state index contributed by atoms with van der Waals surface area (Å²) in [6.07, 6.45) is 7.74. The molecule has 21 heavy (non-hydrogen) atoms. The smallest absolute Gasteiger partial charge is 0.407 e. The van der Waals surface area contributed by atoms with Crippen molar-refractivity contribution in [2.45, 2.75) is 78.2 Å². The number of carbonyl (C=O) groups is 1. The number of aliphatic hydroxyl groups is 1. The Hall–Kier alpha value is -0.770. The molecule has 0 aromatic rings. The average molecular weight is 299 g/mol. The van der Waals surface area contributed by atoms with Crippen LogP contribution >= 0.6 is 0 Å². The van der Waals surface area contributed by atoms with Crippen LogP contribution in [0.3, 0.4) is 0 Å². The summed E-state index contributed by atoms with van der Waals surface area (Å²) >= 11 is 0. The number of unbranched alkanes of at least 4 members (excludes halogenated alkanes) is 3. The van der Waals surface area contributed by atoms with E-state index in [9.17, 15) is 9.90 Å². The third kappa shape index (κ3) is 6.68. The number of carbonyl (C=O) groups excluding carboxylic acids is 1. The van der Waals surface area contributed by atoms with E-state index >= 15 is 0 Å². The first-order chi connectivity index (χ1) is 9.83. The molecule has 1 aliphatic rings. The van der Waals surface area contributed by atoms with Gasteiger partial charge in [0.05, 0.1) is 6.61 Å². The fraction of sp³-hybridized carbons (Fsp3) is 0.941. The highest BCUT2D eigenvalue weighted by atomic mass is 16.6. The molecule has 124 valence electrons. The van der Waals surface area contributed by atoms with Crippen LogP contribution in [0.1, 0.15) is 72.6 Å². The minimum atomic E-state index is -0.479. The van der Waals surface area contributed by atoms with E-state index in [4.69, 9.17) is 4.74 Å². The predicted molar refractivity (Wildman–Crippen MR) is 85.2 cm³/mol. The summed E-state index contributed by atoms with van der Waals surface area (Å²) in [5.74, 6) is 0.555. The van der Waals surface area contributed by atoms with Crippen LogP contribution in [0.2, 0.25) is 0 Å². The molecule has 1 unspecified atom stereocenters. The molecule has 2 N–H and O–H groups in total. The molecule has 0 aromatic carbocycles. The van der Waals surface area contributed by atoms with Gasteiger partial charge >= 0.3 is 6.09 Å². The quantitative estimate of drug-likeness (QED) is 0.635. The summed E-state index contributed by atoms with van der Waals surface area (Å²) in [5, 5.41) is 12.8. The van der Waals surface area contributed by atoms with Crippen molar-refractivity contribution in [3.63, 3.8) is 0 Å². The van der Waals surface area contributed by atoms with Crippen molar-refractivity contribution in [2.24, 2.45) is 11.3 Å². The molecule has 0 bridgehead atoms. The van der Waals surface area contributed by atoms with Crippen molar-refractivity contribution in [3.05, 3.63) is 0 Å². The molecule has 1 fully saturated rings. The molecule has 4 nitrogen and oxygen atoms in total. The van der Waals surface area contributed by atoms with Gasteiger partial charge in [-0.3, -0.25) is 0 Å². The first-order valence-corrected chi connectivity index (χ1v) is 8.41. The second kappa shape index (κ2) is 8.02. The fourth-order valence-corrected chi connectivity index (χ4v) is 2.86. The summed E-state index contributed by atoms with van der Waals surface area (Å²) in [5.41, 5.74) is -0.628. The number of nitrogens with one attached hydrogen (secondary N) is 1. The summed E-state index contributed by atoms with van der Waals surface area (Å²) in [6, 6.07) is 0. The normalized spacial score (nSPS) is 18.1. The van der Waals surface area contributed by atoms with Crippen molar-refractivity contribution in [3.8, 4) is 0 Å². The molecule has 0 spiro atoms. The lowest BCUT2D eigenvalue weighted by molar-refractivity contribution is 0.0420. The lowest BCUT2D eigenvalue weighted by Gasteiger charge is -2.33. The molecule has 4 heteroatoms. The number of aliphatic hydroxyl groups excluding tert-OH is 1. The van der Waals surface area contributed by atoms with Crippen molar-refractivity contribution in [1.82, 2.24) is 5.32 Å². The largest absolute Gasteiger partial charge is 0.444 e. The highest BCUT2D eigenvalue weighted by Gasteiger charge is 2.44. The van der Waals surface area contributed by atoms with Gasteiger partial charge in [0, 0.05) is 12.0 Å². The van der Waals surface area contributed by atoms with Crippen molar-refractivity contribution in [1.29, 1.82) is 0 Å². The first-order valence-electron chi connectivity index (χ1n) is 8.41. The highest BCUT2D eigenvalue weighted by Crippen LogP contribution is 2.48. The minimum Gasteiger partial charge on any atom is -0.444 e. The highest BCUT2D eigenvalue weighted by molar-refractivity contribution is 5.67. The van der Waals surface area contributed by atoms with E-state index in [1.54, 1.807) is 0 Å². The maximum Gasteiger partial charge on any atom is 0.407 e. The molecule has 0 aliphatic heterocycles. The van der Waals surface area contributed by atoms with Crippen LogP contribution in [-0.2, 0) is 4.74 Å². The lowest BCUT2D eigenvalue weighted by atomic mass is 9.78. The zero-order valence-electron chi connectivity index (χ0n) is 14.2. The topological polar surface area (TPSA) is 58.6 Å². The van der Waals surface area contributed by atoms with E-state index < -0.39 is 5.60 Å². The summed E-state index contributed by atoms with van der Waals surface area (Å²) in [6.45, 7) is 8.45. The number of alkyl carbamates (subject to hydrolysis) is 1. The summed E-state index contributed by atoms with van der Waals surface area (Å²) in [4.78, 5) is 11.8. The van der Waals surface area contributed by atoms with E-state index in [1.165, 1.54) is 32.1 Å². The van der Waals surface area contributed by atoms with Crippen LogP contribution in [0.25, 0.3) is 0 Å². The zero-order valence-corrected chi connectivity index (χ0v) is 14.2. The van der Waals surface area contributed by atoms with Gasteiger partial charge in [0.25, 0.3) is 0 Å². The molecule has 0 saturated heterocycles. The maximum absolute atomic E-state index is 11.8. The van der Waals surface area contributed by atoms with Crippen LogP contribution in [0.5, 0.6) is 0 Å². The van der Waals surface area contributed by atoms with Crippen molar-refractivity contribution >= 4 is 6.09 Å². The van der Waals surface area contributed by atoms with Crippen LogP contribution in [0.15, 0.2) is 0 Å². The standard InChI is InChI=1S/C17H33NO3/c1-5-6-7-8-11-17(13-19,14-9-10-14)12-18-15(20)21-16(2,3)4/h14,19H,5-13H2,1-4H3,(H,18,20). The monoisotopic (exact) mass is 299 g/mol. The van der Waals surface area contributed by atoms with E-state index in [0.717, 1.165) is 12.8 Å². The molecule has 1 rings (SSSR count). The van der Waals surface area contributed by atoms with E-state index in [0.29, 0.717) is 12.5 Å². The van der Waals surface area contributed by atoms with Gasteiger partial charge in [0.2, 0.25) is 0 Å². The Morgan fingerprint density at radius 3 is 2.38 bits per heavy atom. The number of rotatable bonds is 9. The Bertz CT molecular complexity index is 320. The Kier molecular flexibility index (Phi) is 6.98. The molecule has 1 saturated carbocycles. The predicted octanol–water partition coefficient (Wildman–Crippen LogP) is 3.87. The summed E-state index contributed by atoms with van der Waals surface area (Å²) < 4.78 is 5.29.